The zero-order chi connectivity index (χ0) is 14.8. The van der Waals surface area contributed by atoms with Crippen molar-refractivity contribution in [1.29, 1.82) is 0 Å². The Bertz CT molecular complexity index is 571. The molecule has 20 heavy (non-hydrogen) atoms. The maximum Gasteiger partial charge on any atom is 0.244 e. The summed E-state index contributed by atoms with van der Waals surface area (Å²) in [5, 5.41) is 0. The smallest absolute Gasteiger partial charge is 0.244 e. The SMILES string of the molecule is CN(CC1CCCCO1)S(=O)(=O)c1cc(Br)ccc1N. The summed E-state index contributed by atoms with van der Waals surface area (Å²) >= 11 is 3.27. The predicted octanol–water partition coefficient (Wildman–Crippen LogP) is 2.22. The third-order valence-corrected chi connectivity index (χ3v) is 5.77. The lowest BCUT2D eigenvalue weighted by Crippen LogP contribution is -2.37. The van der Waals surface area contributed by atoms with Crippen LogP contribution in [-0.2, 0) is 14.8 Å². The standard InChI is InChI=1S/C13H19BrN2O3S/c1-16(9-11-4-2-3-7-19-11)20(17,18)13-8-10(14)5-6-12(13)15/h5-6,8,11H,2-4,7,9,15H2,1H3. The second-order valence-electron chi connectivity index (χ2n) is 4.96. The molecule has 1 saturated heterocycles. The molecule has 1 fully saturated rings. The fourth-order valence-electron chi connectivity index (χ4n) is 2.24. The second kappa shape index (κ2) is 6.43. The number of ether oxygens (including phenoxy) is 1. The molecule has 1 aliphatic heterocycles. The number of hydrogen-bond acceptors (Lipinski definition) is 4. The summed E-state index contributed by atoms with van der Waals surface area (Å²) in [7, 11) is -2.03. The summed E-state index contributed by atoms with van der Waals surface area (Å²) in [5.41, 5.74) is 6.04. The molecule has 0 saturated carbocycles. The van der Waals surface area contributed by atoms with Crippen LogP contribution in [0, 0.1) is 0 Å². The molecule has 1 aromatic carbocycles. The van der Waals surface area contributed by atoms with E-state index in [1.807, 2.05) is 0 Å². The van der Waals surface area contributed by atoms with Gasteiger partial charge >= 0.3 is 0 Å². The Balaban J connectivity index is 2.18. The number of nitrogens with zero attached hydrogens (tertiary/aromatic N) is 1. The number of likely N-dealkylation sites (N-methyl/N-ethyl adjacent to an activating group) is 1. The Kier molecular flexibility index (Phi) is 5.06. The van der Waals surface area contributed by atoms with Crippen LogP contribution >= 0.6 is 15.9 Å². The number of rotatable bonds is 4. The Labute approximate surface area is 128 Å². The molecule has 0 spiro atoms. The summed E-state index contributed by atoms with van der Waals surface area (Å²) in [5.74, 6) is 0. The summed E-state index contributed by atoms with van der Waals surface area (Å²) in [6, 6.07) is 4.84. The minimum atomic E-state index is -3.59. The number of nitrogen functional groups attached to an aromatic ring is 1. The van der Waals surface area contributed by atoms with E-state index >= 15 is 0 Å². The van der Waals surface area contributed by atoms with E-state index in [0.717, 1.165) is 19.3 Å². The van der Waals surface area contributed by atoms with Crippen LogP contribution in [0.15, 0.2) is 27.6 Å². The van der Waals surface area contributed by atoms with Crippen LogP contribution in [0.1, 0.15) is 19.3 Å². The normalized spacial score (nSPS) is 20.2. The number of nitrogens with two attached hydrogens (primary N) is 1. The molecule has 0 aromatic heterocycles. The molecule has 0 amide bonds. The van der Waals surface area contributed by atoms with E-state index in [1.54, 1.807) is 19.2 Å². The van der Waals surface area contributed by atoms with Crippen molar-refractivity contribution in [3.8, 4) is 0 Å². The minimum absolute atomic E-state index is 0.0306. The van der Waals surface area contributed by atoms with Gasteiger partial charge in [-0.3, -0.25) is 0 Å². The number of hydrogen-bond donors (Lipinski definition) is 1. The van der Waals surface area contributed by atoms with Gasteiger partial charge in [-0.2, -0.15) is 4.31 Å². The average molecular weight is 363 g/mol. The van der Waals surface area contributed by atoms with E-state index in [1.165, 1.54) is 10.4 Å². The molecular weight excluding hydrogens is 344 g/mol. The molecule has 1 aliphatic rings. The lowest BCUT2D eigenvalue weighted by atomic mass is 10.1. The summed E-state index contributed by atoms with van der Waals surface area (Å²) in [6.07, 6.45) is 2.99. The average Bonchev–Trinajstić information content (AvgIpc) is 2.42. The number of halogens is 1. The van der Waals surface area contributed by atoms with E-state index in [4.69, 9.17) is 10.5 Å². The van der Waals surface area contributed by atoms with Crippen molar-refractivity contribution in [3.05, 3.63) is 22.7 Å². The maximum atomic E-state index is 12.5. The fourth-order valence-corrected chi connectivity index (χ4v) is 4.09. The number of anilines is 1. The minimum Gasteiger partial charge on any atom is -0.398 e. The third kappa shape index (κ3) is 3.52. The molecule has 1 unspecified atom stereocenters. The topological polar surface area (TPSA) is 72.6 Å². The highest BCUT2D eigenvalue weighted by Gasteiger charge is 2.27. The van der Waals surface area contributed by atoms with E-state index in [9.17, 15) is 8.42 Å². The second-order valence-corrected chi connectivity index (χ2v) is 7.89. The van der Waals surface area contributed by atoms with E-state index in [0.29, 0.717) is 17.6 Å². The van der Waals surface area contributed by atoms with Crippen LogP contribution in [0.25, 0.3) is 0 Å². The first-order valence-corrected chi connectivity index (χ1v) is 8.77. The lowest BCUT2D eigenvalue weighted by molar-refractivity contribution is 0.00859. The van der Waals surface area contributed by atoms with Gasteiger partial charge in [0.15, 0.2) is 0 Å². The molecule has 1 atom stereocenters. The van der Waals surface area contributed by atoms with Crippen LogP contribution in [0.3, 0.4) is 0 Å². The highest BCUT2D eigenvalue weighted by Crippen LogP contribution is 2.26. The molecular formula is C13H19BrN2O3S. The molecule has 0 bridgehead atoms. The van der Waals surface area contributed by atoms with E-state index in [2.05, 4.69) is 15.9 Å². The van der Waals surface area contributed by atoms with Gasteiger partial charge in [-0.25, -0.2) is 8.42 Å². The zero-order valence-corrected chi connectivity index (χ0v) is 13.8. The summed E-state index contributed by atoms with van der Waals surface area (Å²) in [6.45, 7) is 1.06. The maximum absolute atomic E-state index is 12.5. The monoisotopic (exact) mass is 362 g/mol. The first-order valence-electron chi connectivity index (χ1n) is 6.54. The molecule has 5 nitrogen and oxygen atoms in total. The van der Waals surface area contributed by atoms with Crippen molar-refractivity contribution in [2.45, 2.75) is 30.3 Å². The van der Waals surface area contributed by atoms with Crippen molar-refractivity contribution < 1.29 is 13.2 Å². The summed E-state index contributed by atoms with van der Waals surface area (Å²) < 4.78 is 32.7. The van der Waals surface area contributed by atoms with Crippen LogP contribution < -0.4 is 5.73 Å². The van der Waals surface area contributed by atoms with Crippen LogP contribution in [0.2, 0.25) is 0 Å². The van der Waals surface area contributed by atoms with Gasteiger partial charge in [0.05, 0.1) is 11.8 Å². The third-order valence-electron chi connectivity index (χ3n) is 3.40. The highest BCUT2D eigenvalue weighted by molar-refractivity contribution is 9.10. The van der Waals surface area contributed by atoms with Gasteiger partial charge in [-0.05, 0) is 37.5 Å². The van der Waals surface area contributed by atoms with Crippen molar-refractivity contribution in [2.75, 3.05) is 25.9 Å². The zero-order valence-electron chi connectivity index (χ0n) is 11.4. The Morgan fingerprint density at radius 1 is 1.45 bits per heavy atom. The molecule has 2 N–H and O–H groups in total. The van der Waals surface area contributed by atoms with Crippen molar-refractivity contribution >= 4 is 31.6 Å². The highest BCUT2D eigenvalue weighted by atomic mass is 79.9. The molecule has 0 radical (unpaired) electrons. The van der Waals surface area contributed by atoms with E-state index in [-0.39, 0.29) is 16.7 Å². The van der Waals surface area contributed by atoms with Gasteiger partial charge in [-0.1, -0.05) is 15.9 Å². The molecule has 0 aliphatic carbocycles. The number of sulfonamides is 1. The van der Waals surface area contributed by atoms with E-state index < -0.39 is 10.0 Å². The first-order chi connectivity index (χ1) is 9.41. The Morgan fingerprint density at radius 2 is 2.20 bits per heavy atom. The quantitative estimate of drug-likeness (QED) is 0.833. The van der Waals surface area contributed by atoms with Crippen LogP contribution in [0.5, 0.6) is 0 Å². The molecule has 112 valence electrons. The van der Waals surface area contributed by atoms with Crippen molar-refractivity contribution in [1.82, 2.24) is 4.31 Å². The molecule has 1 heterocycles. The molecule has 1 aromatic rings. The fraction of sp³-hybridized carbons (Fsp3) is 0.538. The van der Waals surface area contributed by atoms with Gasteiger partial charge in [0, 0.05) is 24.7 Å². The predicted molar refractivity (Wildman–Crippen MR) is 82.0 cm³/mol. The molecule has 7 heteroatoms. The molecule has 2 rings (SSSR count). The van der Waals surface area contributed by atoms with Gasteiger partial charge in [0.2, 0.25) is 10.0 Å². The van der Waals surface area contributed by atoms with Gasteiger partial charge in [0.1, 0.15) is 4.90 Å². The Hall–Kier alpha value is -0.630. The largest absolute Gasteiger partial charge is 0.398 e. The Morgan fingerprint density at radius 3 is 2.85 bits per heavy atom. The number of benzene rings is 1. The summed E-state index contributed by atoms with van der Waals surface area (Å²) in [4.78, 5) is 0.130. The van der Waals surface area contributed by atoms with Gasteiger partial charge in [-0.15, -0.1) is 0 Å². The van der Waals surface area contributed by atoms with Crippen molar-refractivity contribution in [3.63, 3.8) is 0 Å². The van der Waals surface area contributed by atoms with Crippen molar-refractivity contribution in [2.24, 2.45) is 0 Å². The van der Waals surface area contributed by atoms with Gasteiger partial charge in [0.25, 0.3) is 0 Å². The lowest BCUT2D eigenvalue weighted by Gasteiger charge is -2.27. The first kappa shape index (κ1) is 15.8. The van der Waals surface area contributed by atoms with Crippen LogP contribution in [0.4, 0.5) is 5.69 Å². The van der Waals surface area contributed by atoms with Crippen LogP contribution in [-0.4, -0.2) is 39.0 Å². The van der Waals surface area contributed by atoms with Gasteiger partial charge < -0.3 is 10.5 Å².